The third kappa shape index (κ3) is 2.89. The molecule has 0 amide bonds. The van der Waals surface area contributed by atoms with Crippen molar-refractivity contribution >= 4 is 10.2 Å². The molecular weight excluding hydrogens is 202 g/mol. The Bertz CT molecular complexity index is 228. The molecule has 3 heteroatoms. The van der Waals surface area contributed by atoms with E-state index in [4.69, 9.17) is 0 Å². The maximum absolute atomic E-state index is 11.2. The van der Waals surface area contributed by atoms with Gasteiger partial charge in [0.05, 0.1) is 0 Å². The van der Waals surface area contributed by atoms with E-state index in [1.54, 1.807) is 0 Å². The molecule has 0 spiro atoms. The van der Waals surface area contributed by atoms with Gasteiger partial charge in [-0.3, -0.25) is 0 Å². The Labute approximate surface area is 97.6 Å². The quantitative estimate of drug-likeness (QED) is 0.526. The number of nitroso groups, excluding NO2 is 1. The largest absolute Gasteiger partial charge is 0.150 e. The van der Waals surface area contributed by atoms with Gasteiger partial charge in [-0.2, -0.15) is 4.91 Å². The van der Waals surface area contributed by atoms with Crippen molar-refractivity contribution in [3.8, 4) is 0 Å². The third-order valence-electron chi connectivity index (χ3n) is 4.37. The molecular formula is C12H27NOSi. The Morgan fingerprint density at radius 3 is 1.73 bits per heavy atom. The van der Waals surface area contributed by atoms with Gasteiger partial charge in [0.1, 0.15) is 6.04 Å². The van der Waals surface area contributed by atoms with Crippen molar-refractivity contribution in [2.45, 2.75) is 66.0 Å². The molecule has 1 atom stereocenters. The SMILES string of the molecule is CCC(C)(C)C(N=O)C(C)(C)C(C)(C)[SiH3]. The first-order valence-electron chi connectivity index (χ1n) is 5.83. The van der Waals surface area contributed by atoms with Gasteiger partial charge in [-0.05, 0) is 22.3 Å². The Hall–Kier alpha value is -0.183. The van der Waals surface area contributed by atoms with Crippen LogP contribution in [0.3, 0.4) is 0 Å². The Morgan fingerprint density at radius 2 is 1.53 bits per heavy atom. The minimum Gasteiger partial charge on any atom is -0.150 e. The van der Waals surface area contributed by atoms with Crippen LogP contribution in [0.4, 0.5) is 0 Å². The van der Waals surface area contributed by atoms with Crippen LogP contribution in [-0.2, 0) is 0 Å². The normalized spacial score (nSPS) is 16.5. The molecule has 0 aromatic heterocycles. The van der Waals surface area contributed by atoms with Crippen molar-refractivity contribution < 1.29 is 0 Å². The summed E-state index contributed by atoms with van der Waals surface area (Å²) in [5, 5.41) is 3.66. The van der Waals surface area contributed by atoms with Crippen LogP contribution in [0.5, 0.6) is 0 Å². The van der Waals surface area contributed by atoms with Crippen LogP contribution in [0.25, 0.3) is 0 Å². The number of rotatable bonds is 5. The fourth-order valence-electron chi connectivity index (χ4n) is 1.85. The lowest BCUT2D eigenvalue weighted by Crippen LogP contribution is -2.45. The zero-order valence-corrected chi connectivity index (χ0v) is 13.6. The predicted molar refractivity (Wildman–Crippen MR) is 71.4 cm³/mol. The summed E-state index contributed by atoms with van der Waals surface area (Å²) in [4.78, 5) is 11.2. The Kier molecular flexibility index (Phi) is 4.31. The third-order valence-corrected chi connectivity index (χ3v) is 5.66. The maximum Gasteiger partial charge on any atom is 0.102 e. The summed E-state index contributed by atoms with van der Waals surface area (Å²) >= 11 is 0. The molecule has 0 aliphatic carbocycles. The van der Waals surface area contributed by atoms with Crippen molar-refractivity contribution in [1.82, 2.24) is 0 Å². The second-order valence-corrected chi connectivity index (χ2v) is 9.32. The van der Waals surface area contributed by atoms with Crippen LogP contribution in [0.15, 0.2) is 5.18 Å². The smallest absolute Gasteiger partial charge is 0.102 e. The zero-order chi connectivity index (χ0) is 12.5. The molecule has 0 rings (SSSR count). The lowest BCUT2D eigenvalue weighted by atomic mass is 9.64. The van der Waals surface area contributed by atoms with Gasteiger partial charge in [0.25, 0.3) is 0 Å². The molecule has 0 N–H and O–H groups in total. The summed E-state index contributed by atoms with van der Waals surface area (Å²) in [6.07, 6.45) is 0.991. The lowest BCUT2D eigenvalue weighted by molar-refractivity contribution is 0.105. The minimum absolute atomic E-state index is 0.00701. The Morgan fingerprint density at radius 1 is 1.13 bits per heavy atom. The number of nitrogens with zero attached hydrogens (tertiary/aromatic N) is 1. The van der Waals surface area contributed by atoms with E-state index in [2.05, 4.69) is 53.6 Å². The topological polar surface area (TPSA) is 29.4 Å². The molecule has 0 bridgehead atoms. The molecule has 2 nitrogen and oxygen atoms in total. The van der Waals surface area contributed by atoms with Gasteiger partial charge in [0, 0.05) is 10.2 Å². The fourth-order valence-corrected chi connectivity index (χ4v) is 2.13. The van der Waals surface area contributed by atoms with Gasteiger partial charge < -0.3 is 0 Å². The van der Waals surface area contributed by atoms with Crippen molar-refractivity contribution in [3.63, 3.8) is 0 Å². The maximum atomic E-state index is 11.2. The minimum atomic E-state index is -0.109. The van der Waals surface area contributed by atoms with Gasteiger partial charge in [-0.1, -0.05) is 53.6 Å². The van der Waals surface area contributed by atoms with E-state index < -0.39 is 0 Å². The van der Waals surface area contributed by atoms with Gasteiger partial charge in [0.2, 0.25) is 0 Å². The molecule has 0 saturated carbocycles. The van der Waals surface area contributed by atoms with Crippen LogP contribution >= 0.6 is 0 Å². The predicted octanol–water partition coefficient (Wildman–Crippen LogP) is 3.15. The summed E-state index contributed by atoms with van der Waals surface area (Å²) in [5.74, 6) is 0. The van der Waals surface area contributed by atoms with E-state index in [0.29, 0.717) is 0 Å². The first-order chi connectivity index (χ1) is 6.50. The van der Waals surface area contributed by atoms with E-state index in [-0.39, 0.29) is 21.9 Å². The molecule has 0 aromatic carbocycles. The highest BCUT2D eigenvalue weighted by molar-refractivity contribution is 6.15. The molecule has 0 radical (unpaired) electrons. The van der Waals surface area contributed by atoms with E-state index in [9.17, 15) is 4.91 Å². The van der Waals surface area contributed by atoms with Crippen LogP contribution < -0.4 is 0 Å². The van der Waals surface area contributed by atoms with Crippen LogP contribution in [0, 0.1) is 15.7 Å². The average molecular weight is 229 g/mol. The first-order valence-corrected chi connectivity index (χ1v) is 6.83. The fraction of sp³-hybridized carbons (Fsp3) is 1.00. The average Bonchev–Trinajstić information content (AvgIpc) is 2.02. The van der Waals surface area contributed by atoms with E-state index >= 15 is 0 Å². The number of hydrogen-bond donors (Lipinski definition) is 0. The summed E-state index contributed by atoms with van der Waals surface area (Å²) in [6.45, 7) is 15.3. The second-order valence-electron chi connectivity index (χ2n) is 6.82. The monoisotopic (exact) mass is 229 g/mol. The summed E-state index contributed by atoms with van der Waals surface area (Å²) < 4.78 is 0. The van der Waals surface area contributed by atoms with Gasteiger partial charge in [0.15, 0.2) is 0 Å². The van der Waals surface area contributed by atoms with Crippen molar-refractivity contribution in [2.75, 3.05) is 0 Å². The molecule has 0 aliphatic rings. The first kappa shape index (κ1) is 14.8. The van der Waals surface area contributed by atoms with Gasteiger partial charge >= 0.3 is 0 Å². The van der Waals surface area contributed by atoms with Crippen LogP contribution in [-0.4, -0.2) is 16.3 Å². The van der Waals surface area contributed by atoms with Crippen LogP contribution in [0.2, 0.25) is 5.04 Å². The van der Waals surface area contributed by atoms with Crippen molar-refractivity contribution in [2.24, 2.45) is 16.0 Å². The summed E-state index contributed by atoms with van der Waals surface area (Å²) in [5.41, 5.74) is -0.0343. The number of hydrogen-bond acceptors (Lipinski definition) is 2. The zero-order valence-electron chi connectivity index (χ0n) is 11.6. The highest BCUT2D eigenvalue weighted by Crippen LogP contribution is 2.51. The molecule has 0 aliphatic heterocycles. The molecule has 0 aromatic rings. The molecule has 0 saturated heterocycles. The van der Waals surface area contributed by atoms with Crippen LogP contribution in [0.1, 0.15) is 54.9 Å². The molecule has 90 valence electrons. The van der Waals surface area contributed by atoms with Crippen molar-refractivity contribution in [3.05, 3.63) is 4.91 Å². The highest BCUT2D eigenvalue weighted by atomic mass is 28.1. The van der Waals surface area contributed by atoms with Gasteiger partial charge in [-0.15, -0.1) is 0 Å². The van der Waals surface area contributed by atoms with E-state index in [1.165, 1.54) is 0 Å². The highest BCUT2D eigenvalue weighted by Gasteiger charge is 2.47. The molecule has 0 heterocycles. The lowest BCUT2D eigenvalue weighted by Gasteiger charge is -2.47. The van der Waals surface area contributed by atoms with E-state index in [1.807, 2.05) is 0 Å². The molecule has 0 fully saturated rings. The summed E-state index contributed by atoms with van der Waals surface area (Å²) in [7, 11) is 1.08. The standard InChI is InChI=1S/C12H27NOSi/c1-8-10(2,3)9(13-14)11(4,5)12(6,7)15/h9H,8H2,1-7,15H3. The van der Waals surface area contributed by atoms with Crippen molar-refractivity contribution in [1.29, 1.82) is 0 Å². The Balaban J connectivity index is 5.24. The van der Waals surface area contributed by atoms with E-state index in [0.717, 1.165) is 16.7 Å². The molecule has 15 heavy (non-hydrogen) atoms. The molecule has 1 unspecified atom stereocenters. The van der Waals surface area contributed by atoms with Gasteiger partial charge in [-0.25, -0.2) is 0 Å². The second kappa shape index (κ2) is 4.36. The summed E-state index contributed by atoms with van der Waals surface area (Å²) in [6, 6.07) is -0.109.